The van der Waals surface area contributed by atoms with Gasteiger partial charge in [0.1, 0.15) is 5.82 Å². The van der Waals surface area contributed by atoms with Crippen LogP contribution in [0.5, 0.6) is 0 Å². The molecule has 1 aromatic carbocycles. The summed E-state index contributed by atoms with van der Waals surface area (Å²) in [6.07, 6.45) is 0.721. The van der Waals surface area contributed by atoms with Gasteiger partial charge in [-0.1, -0.05) is 54.4 Å². The molecule has 0 aliphatic heterocycles. The van der Waals surface area contributed by atoms with Crippen LogP contribution in [0.25, 0.3) is 0 Å². The third-order valence-electron chi connectivity index (χ3n) is 3.31. The second-order valence-electron chi connectivity index (χ2n) is 4.85. The number of rotatable bonds is 4. The summed E-state index contributed by atoms with van der Waals surface area (Å²) in [7, 11) is 0. The molecular weight excluding hydrogens is 290 g/mol. The Labute approximate surface area is 110 Å². The van der Waals surface area contributed by atoms with Crippen LogP contribution in [-0.4, -0.2) is 5.33 Å². The minimum Gasteiger partial charge on any atom is -0.207 e. The molecule has 90 valence electrons. The molecule has 0 heterocycles. The Bertz CT molecular complexity index is 365. The van der Waals surface area contributed by atoms with E-state index in [1.165, 1.54) is 6.07 Å². The number of alkyl halides is 1. The molecule has 1 unspecified atom stereocenters. The molecule has 0 aromatic heterocycles. The summed E-state index contributed by atoms with van der Waals surface area (Å²) in [4.78, 5) is 0. The van der Waals surface area contributed by atoms with Gasteiger partial charge in [-0.25, -0.2) is 4.39 Å². The molecule has 0 aliphatic carbocycles. The normalized spacial score (nSPS) is 15.2. The summed E-state index contributed by atoms with van der Waals surface area (Å²) in [5.74, 6) is 0.280. The highest BCUT2D eigenvalue weighted by atomic mass is 79.9. The van der Waals surface area contributed by atoms with Crippen LogP contribution >= 0.6 is 27.5 Å². The fourth-order valence-corrected chi connectivity index (χ4v) is 2.51. The number of halogens is 3. The predicted molar refractivity (Wildman–Crippen MR) is 71.9 cm³/mol. The van der Waals surface area contributed by atoms with Crippen molar-refractivity contribution in [2.24, 2.45) is 11.3 Å². The molecule has 1 aromatic rings. The van der Waals surface area contributed by atoms with Crippen molar-refractivity contribution in [3.05, 3.63) is 34.6 Å². The Morgan fingerprint density at radius 3 is 2.50 bits per heavy atom. The topological polar surface area (TPSA) is 0 Å². The molecule has 0 nitrogen and oxygen atoms in total. The van der Waals surface area contributed by atoms with E-state index < -0.39 is 0 Å². The fourth-order valence-electron chi connectivity index (χ4n) is 1.51. The third kappa shape index (κ3) is 3.21. The second-order valence-corrected chi connectivity index (χ2v) is 5.85. The van der Waals surface area contributed by atoms with Gasteiger partial charge in [0.05, 0.1) is 0 Å². The van der Waals surface area contributed by atoms with Crippen LogP contribution < -0.4 is 0 Å². The zero-order valence-electron chi connectivity index (χ0n) is 9.86. The van der Waals surface area contributed by atoms with Crippen molar-refractivity contribution >= 4 is 27.5 Å². The van der Waals surface area contributed by atoms with E-state index in [-0.39, 0.29) is 11.2 Å². The molecule has 0 spiro atoms. The molecule has 0 saturated heterocycles. The standard InChI is InChI=1S/C13H17BrClF/c1-9(2)13(3,8-14)7-10-4-5-11(15)6-12(10)16/h4-6,9H,7-8H2,1-3H3. The second kappa shape index (κ2) is 5.50. The van der Waals surface area contributed by atoms with Crippen LogP contribution in [0.3, 0.4) is 0 Å². The van der Waals surface area contributed by atoms with E-state index in [0.29, 0.717) is 10.9 Å². The van der Waals surface area contributed by atoms with E-state index in [2.05, 4.69) is 36.7 Å². The average molecular weight is 308 g/mol. The third-order valence-corrected chi connectivity index (χ3v) is 4.82. The summed E-state index contributed by atoms with van der Waals surface area (Å²) in [5.41, 5.74) is 0.800. The average Bonchev–Trinajstić information content (AvgIpc) is 2.22. The van der Waals surface area contributed by atoms with Gasteiger partial charge in [0.25, 0.3) is 0 Å². The van der Waals surface area contributed by atoms with Gasteiger partial charge in [0.15, 0.2) is 0 Å². The highest BCUT2D eigenvalue weighted by molar-refractivity contribution is 9.09. The molecule has 0 N–H and O–H groups in total. The van der Waals surface area contributed by atoms with Crippen LogP contribution in [0, 0.1) is 17.2 Å². The van der Waals surface area contributed by atoms with Gasteiger partial charge in [0, 0.05) is 10.4 Å². The van der Waals surface area contributed by atoms with Crippen molar-refractivity contribution in [1.82, 2.24) is 0 Å². The fraction of sp³-hybridized carbons (Fsp3) is 0.538. The first-order valence-corrected chi connectivity index (χ1v) is 6.89. The van der Waals surface area contributed by atoms with Crippen LogP contribution in [0.1, 0.15) is 26.3 Å². The predicted octanol–water partition coefficient (Wildman–Crippen LogP) is 5.08. The van der Waals surface area contributed by atoms with Crippen molar-refractivity contribution in [2.75, 3.05) is 5.33 Å². The minimum atomic E-state index is -0.208. The van der Waals surface area contributed by atoms with Crippen LogP contribution in [0.4, 0.5) is 4.39 Å². The Balaban J connectivity index is 2.95. The number of benzene rings is 1. The molecule has 0 aliphatic rings. The largest absolute Gasteiger partial charge is 0.207 e. The van der Waals surface area contributed by atoms with Crippen molar-refractivity contribution < 1.29 is 4.39 Å². The maximum atomic E-state index is 13.7. The SMILES string of the molecule is CC(C)C(C)(CBr)Cc1ccc(Cl)cc1F. The van der Waals surface area contributed by atoms with E-state index in [0.717, 1.165) is 17.3 Å². The quantitative estimate of drug-likeness (QED) is 0.681. The van der Waals surface area contributed by atoms with Gasteiger partial charge in [-0.2, -0.15) is 0 Å². The number of hydrogen-bond donors (Lipinski definition) is 0. The molecule has 0 amide bonds. The van der Waals surface area contributed by atoms with Crippen molar-refractivity contribution in [3.8, 4) is 0 Å². The monoisotopic (exact) mass is 306 g/mol. The molecule has 0 saturated carbocycles. The minimum absolute atomic E-state index is 0.0642. The van der Waals surface area contributed by atoms with Gasteiger partial charge < -0.3 is 0 Å². The van der Waals surface area contributed by atoms with Gasteiger partial charge in [-0.15, -0.1) is 0 Å². The smallest absolute Gasteiger partial charge is 0.127 e. The highest BCUT2D eigenvalue weighted by Gasteiger charge is 2.28. The lowest BCUT2D eigenvalue weighted by molar-refractivity contribution is 0.255. The molecule has 1 atom stereocenters. The summed E-state index contributed by atoms with van der Waals surface area (Å²) in [6, 6.07) is 4.90. The molecule has 16 heavy (non-hydrogen) atoms. The molecular formula is C13H17BrClF. The van der Waals surface area contributed by atoms with Gasteiger partial charge in [-0.05, 0) is 35.4 Å². The lowest BCUT2D eigenvalue weighted by Crippen LogP contribution is -2.28. The zero-order chi connectivity index (χ0) is 12.3. The van der Waals surface area contributed by atoms with Crippen LogP contribution in [-0.2, 0) is 6.42 Å². The lowest BCUT2D eigenvalue weighted by Gasteiger charge is -2.32. The lowest BCUT2D eigenvalue weighted by atomic mass is 9.76. The first-order chi connectivity index (χ1) is 7.39. The van der Waals surface area contributed by atoms with Crippen LogP contribution in [0.15, 0.2) is 18.2 Å². The Morgan fingerprint density at radius 2 is 2.06 bits per heavy atom. The van der Waals surface area contributed by atoms with E-state index in [9.17, 15) is 4.39 Å². The Morgan fingerprint density at radius 1 is 1.44 bits per heavy atom. The van der Waals surface area contributed by atoms with Crippen LogP contribution in [0.2, 0.25) is 5.02 Å². The first kappa shape index (κ1) is 14.0. The molecule has 0 radical (unpaired) electrons. The molecule has 3 heteroatoms. The maximum absolute atomic E-state index is 13.7. The van der Waals surface area contributed by atoms with Gasteiger partial charge in [-0.3, -0.25) is 0 Å². The summed E-state index contributed by atoms with van der Waals surface area (Å²) >= 11 is 9.26. The van der Waals surface area contributed by atoms with E-state index >= 15 is 0 Å². The summed E-state index contributed by atoms with van der Waals surface area (Å²) < 4.78 is 13.7. The summed E-state index contributed by atoms with van der Waals surface area (Å²) in [5, 5.41) is 1.31. The van der Waals surface area contributed by atoms with Gasteiger partial charge >= 0.3 is 0 Å². The zero-order valence-corrected chi connectivity index (χ0v) is 12.2. The molecule has 0 fully saturated rings. The van der Waals surface area contributed by atoms with E-state index in [1.54, 1.807) is 12.1 Å². The maximum Gasteiger partial charge on any atom is 0.127 e. The molecule has 0 bridgehead atoms. The van der Waals surface area contributed by atoms with Gasteiger partial charge in [0.2, 0.25) is 0 Å². The molecule has 1 rings (SSSR count). The highest BCUT2D eigenvalue weighted by Crippen LogP contribution is 2.34. The summed E-state index contributed by atoms with van der Waals surface area (Å²) in [6.45, 7) is 6.49. The van der Waals surface area contributed by atoms with E-state index in [1.807, 2.05) is 0 Å². The number of hydrogen-bond acceptors (Lipinski definition) is 0. The van der Waals surface area contributed by atoms with Crippen molar-refractivity contribution in [3.63, 3.8) is 0 Å². The Hall–Kier alpha value is -0.0800. The van der Waals surface area contributed by atoms with Crippen molar-refractivity contribution in [2.45, 2.75) is 27.2 Å². The Kier molecular flexibility index (Phi) is 4.81. The van der Waals surface area contributed by atoms with Crippen molar-refractivity contribution in [1.29, 1.82) is 0 Å². The first-order valence-electron chi connectivity index (χ1n) is 5.39. The van der Waals surface area contributed by atoms with E-state index in [4.69, 9.17) is 11.6 Å².